The number of aromatic nitrogens is 2. The number of imidazole rings is 1. The van der Waals surface area contributed by atoms with Gasteiger partial charge in [0, 0.05) is 23.7 Å². The largest absolute Gasteiger partial charge is 0.493 e. The summed E-state index contributed by atoms with van der Waals surface area (Å²) >= 11 is 12.0. The van der Waals surface area contributed by atoms with Crippen molar-refractivity contribution in [3.63, 3.8) is 0 Å². The number of fused-ring (bicyclic) bond motifs is 1. The number of hydrogen-bond donors (Lipinski definition) is 1. The molecule has 2 heterocycles. The Bertz CT molecular complexity index is 1860. The molecule has 0 saturated carbocycles. The van der Waals surface area contributed by atoms with Gasteiger partial charge in [0.25, 0.3) is 11.8 Å². The van der Waals surface area contributed by atoms with Crippen LogP contribution in [0.1, 0.15) is 39.3 Å². The maximum Gasteiger partial charge on any atom is 0.265 e. The van der Waals surface area contributed by atoms with Crippen LogP contribution in [0.25, 0.3) is 5.69 Å². The third kappa shape index (κ3) is 5.33. The molecule has 10 heteroatoms. The molecule has 2 amide bonds. The highest BCUT2D eigenvalue weighted by molar-refractivity contribution is 7.71. The molecule has 7 nitrogen and oxygen atoms in total. The summed E-state index contributed by atoms with van der Waals surface area (Å²) in [7, 11) is 0. The molecule has 0 spiro atoms. The van der Waals surface area contributed by atoms with Crippen molar-refractivity contribution < 1.29 is 23.8 Å². The van der Waals surface area contributed by atoms with Gasteiger partial charge in [-0.3, -0.25) is 14.2 Å². The van der Waals surface area contributed by atoms with Crippen LogP contribution in [0.5, 0.6) is 17.4 Å². The van der Waals surface area contributed by atoms with Gasteiger partial charge in [-0.2, -0.15) is 0 Å². The fourth-order valence-corrected chi connectivity index (χ4v) is 5.75. The van der Waals surface area contributed by atoms with Crippen LogP contribution in [0.2, 0.25) is 5.02 Å². The number of aromatic hydroxyl groups is 1. The number of carbonyl (C=O) groups excluding carboxylic acids is 2. The van der Waals surface area contributed by atoms with E-state index in [0.29, 0.717) is 29.8 Å². The van der Waals surface area contributed by atoms with Crippen LogP contribution < -0.4 is 9.64 Å². The first kappa shape index (κ1) is 28.4. The molecule has 0 bridgehead atoms. The Morgan fingerprint density at radius 3 is 2.09 bits per heavy atom. The Morgan fingerprint density at radius 1 is 0.860 bits per heavy atom. The standard InChI is InChI=1S/C33H25ClFN3O4S/c34-23-19-24(35)27(38-32(41)26-16-9-10-18-36(26)33(38)43)20-29(23)42-28-17-8-7-15-25(28)37(30(39)21-11-3-1-4-12-21)31(40)22-13-5-2-6-14-22/h1-8,11-15,17,19-20,41H,9-10,16,18H2. The van der Waals surface area contributed by atoms with Crippen LogP contribution in [0.15, 0.2) is 97.1 Å². The molecule has 4 aromatic carbocycles. The summed E-state index contributed by atoms with van der Waals surface area (Å²) in [6.07, 6.45) is 2.41. The summed E-state index contributed by atoms with van der Waals surface area (Å²) in [5.41, 5.74) is 1.36. The fraction of sp³-hybridized carbons (Fsp3) is 0.121. The lowest BCUT2D eigenvalue weighted by atomic mass is 10.1. The van der Waals surface area contributed by atoms with E-state index < -0.39 is 17.6 Å². The summed E-state index contributed by atoms with van der Waals surface area (Å²) in [4.78, 5) is 28.7. The average molecular weight is 614 g/mol. The van der Waals surface area contributed by atoms with Crippen molar-refractivity contribution in [3.8, 4) is 23.1 Å². The molecule has 6 rings (SSSR count). The average Bonchev–Trinajstić information content (AvgIpc) is 3.29. The number of halogens is 2. The quantitative estimate of drug-likeness (QED) is 0.155. The molecular weight excluding hydrogens is 589 g/mol. The predicted molar refractivity (Wildman–Crippen MR) is 165 cm³/mol. The number of ether oxygens (including phenoxy) is 1. The topological polar surface area (TPSA) is 76.7 Å². The Balaban J connectivity index is 1.45. The monoisotopic (exact) mass is 613 g/mol. The van der Waals surface area contributed by atoms with Gasteiger partial charge < -0.3 is 14.4 Å². The zero-order valence-electron chi connectivity index (χ0n) is 22.7. The van der Waals surface area contributed by atoms with Gasteiger partial charge in [0.05, 0.1) is 22.1 Å². The van der Waals surface area contributed by atoms with E-state index >= 15 is 4.39 Å². The van der Waals surface area contributed by atoms with Crippen molar-refractivity contribution in [2.45, 2.75) is 25.8 Å². The predicted octanol–water partition coefficient (Wildman–Crippen LogP) is 8.12. The molecule has 5 aromatic rings. The maximum atomic E-state index is 15.3. The lowest BCUT2D eigenvalue weighted by Crippen LogP contribution is -2.37. The van der Waals surface area contributed by atoms with E-state index in [1.807, 2.05) is 0 Å². The van der Waals surface area contributed by atoms with Gasteiger partial charge in [-0.15, -0.1) is 0 Å². The normalized spacial score (nSPS) is 12.4. The summed E-state index contributed by atoms with van der Waals surface area (Å²) in [6.45, 7) is 0.626. The van der Waals surface area contributed by atoms with Crippen LogP contribution >= 0.6 is 23.8 Å². The molecule has 1 aromatic heterocycles. The van der Waals surface area contributed by atoms with Crippen LogP contribution in [0.3, 0.4) is 0 Å². The number of rotatable bonds is 6. The van der Waals surface area contributed by atoms with E-state index in [-0.39, 0.29) is 38.5 Å². The minimum atomic E-state index is -0.708. The van der Waals surface area contributed by atoms with Crippen molar-refractivity contribution in [1.29, 1.82) is 0 Å². The molecule has 1 aliphatic rings. The Hall–Kier alpha value is -4.73. The molecule has 216 valence electrons. The molecule has 0 aliphatic carbocycles. The highest BCUT2D eigenvalue weighted by Gasteiger charge is 2.29. The van der Waals surface area contributed by atoms with Gasteiger partial charge in [0.15, 0.2) is 10.5 Å². The first-order valence-corrected chi connectivity index (χ1v) is 14.4. The Kier molecular flexibility index (Phi) is 7.84. The van der Waals surface area contributed by atoms with Gasteiger partial charge >= 0.3 is 0 Å². The Labute approximate surface area is 257 Å². The second kappa shape index (κ2) is 11.9. The van der Waals surface area contributed by atoms with Gasteiger partial charge in [0.1, 0.15) is 11.6 Å². The number of carbonyl (C=O) groups is 2. The van der Waals surface area contributed by atoms with Crippen molar-refractivity contribution >= 4 is 41.3 Å². The van der Waals surface area contributed by atoms with Crippen molar-refractivity contribution in [3.05, 3.63) is 129 Å². The van der Waals surface area contributed by atoms with Crippen molar-refractivity contribution in [2.75, 3.05) is 4.90 Å². The van der Waals surface area contributed by atoms with Crippen molar-refractivity contribution in [2.24, 2.45) is 0 Å². The summed E-state index contributed by atoms with van der Waals surface area (Å²) in [6, 6.07) is 25.8. The molecule has 0 radical (unpaired) electrons. The summed E-state index contributed by atoms with van der Waals surface area (Å²) in [5, 5.41) is 10.9. The van der Waals surface area contributed by atoms with Crippen LogP contribution in [0, 0.1) is 10.6 Å². The molecule has 1 aliphatic heterocycles. The first-order chi connectivity index (χ1) is 20.8. The van der Waals surface area contributed by atoms with E-state index in [9.17, 15) is 14.7 Å². The van der Waals surface area contributed by atoms with E-state index in [2.05, 4.69) is 0 Å². The number of anilines is 1. The SMILES string of the molecule is O=C(c1ccccc1)N(C(=O)c1ccccc1)c1ccccc1Oc1cc(-n2c(O)c3n(c2=S)CCCC3)c(F)cc1Cl. The van der Waals surface area contributed by atoms with Crippen LogP contribution in [0.4, 0.5) is 10.1 Å². The number of benzene rings is 4. The Morgan fingerprint density at radius 2 is 1.47 bits per heavy atom. The van der Waals surface area contributed by atoms with Crippen molar-refractivity contribution in [1.82, 2.24) is 9.13 Å². The number of nitrogens with zero attached hydrogens (tertiary/aromatic N) is 3. The zero-order chi connectivity index (χ0) is 30.1. The third-order valence-corrected chi connectivity index (χ3v) is 7.98. The van der Waals surface area contributed by atoms with Crippen LogP contribution in [-0.4, -0.2) is 26.1 Å². The van der Waals surface area contributed by atoms with E-state index in [1.54, 1.807) is 89.5 Å². The summed E-state index contributed by atoms with van der Waals surface area (Å²) in [5.74, 6) is -1.81. The minimum absolute atomic E-state index is 0.0373. The summed E-state index contributed by atoms with van der Waals surface area (Å²) < 4.78 is 24.9. The second-order valence-corrected chi connectivity index (χ2v) is 10.8. The highest BCUT2D eigenvalue weighted by Crippen LogP contribution is 2.40. The number of amides is 2. The van der Waals surface area contributed by atoms with Gasteiger partial charge in [-0.05, 0) is 73.9 Å². The van der Waals surface area contributed by atoms with Gasteiger partial charge in [-0.25, -0.2) is 9.29 Å². The minimum Gasteiger partial charge on any atom is -0.493 e. The molecule has 0 saturated heterocycles. The number of para-hydroxylation sites is 2. The lowest BCUT2D eigenvalue weighted by molar-refractivity contribution is 0.0896. The molecule has 0 unspecified atom stereocenters. The third-order valence-electron chi connectivity index (χ3n) is 7.28. The molecular formula is C33H25ClFN3O4S. The van der Waals surface area contributed by atoms with E-state index in [0.717, 1.165) is 23.8 Å². The van der Waals surface area contributed by atoms with Gasteiger partial charge in [-0.1, -0.05) is 60.1 Å². The van der Waals surface area contributed by atoms with Crippen LogP contribution in [-0.2, 0) is 13.0 Å². The zero-order valence-corrected chi connectivity index (χ0v) is 24.3. The molecule has 0 atom stereocenters. The fourth-order valence-electron chi connectivity index (χ4n) is 5.18. The molecule has 1 N–H and O–H groups in total. The lowest BCUT2D eigenvalue weighted by Gasteiger charge is -2.24. The second-order valence-electron chi connectivity index (χ2n) is 9.98. The number of imide groups is 1. The van der Waals surface area contributed by atoms with E-state index in [4.69, 9.17) is 28.6 Å². The smallest absolute Gasteiger partial charge is 0.265 e. The number of hydrogen-bond acceptors (Lipinski definition) is 5. The maximum absolute atomic E-state index is 15.3. The first-order valence-electron chi connectivity index (χ1n) is 13.6. The molecule has 0 fully saturated rings. The van der Waals surface area contributed by atoms with E-state index in [1.165, 1.54) is 10.6 Å². The highest BCUT2D eigenvalue weighted by atomic mass is 35.5. The van der Waals surface area contributed by atoms with Gasteiger partial charge in [0.2, 0.25) is 5.88 Å². The molecule has 43 heavy (non-hydrogen) atoms.